The van der Waals surface area contributed by atoms with E-state index in [4.69, 9.17) is 34.8 Å². The average Bonchev–Trinajstić information content (AvgIpc) is 3.43. The highest BCUT2D eigenvalue weighted by Crippen LogP contribution is 2.53. The molecule has 31 heavy (non-hydrogen) atoms. The fraction of sp³-hybridized carbons (Fsp3) is 0.261. The first-order chi connectivity index (χ1) is 14.9. The van der Waals surface area contributed by atoms with Gasteiger partial charge in [0, 0.05) is 0 Å². The highest BCUT2D eigenvalue weighted by atomic mass is 35.5. The number of carbonyl (C=O) groups is 3. The molecule has 8 heteroatoms. The smallest absolute Gasteiger partial charge is 0.272 e. The van der Waals surface area contributed by atoms with Crippen molar-refractivity contribution in [3.8, 4) is 0 Å². The van der Waals surface area contributed by atoms with Gasteiger partial charge < -0.3 is 0 Å². The van der Waals surface area contributed by atoms with Gasteiger partial charge in [-0.3, -0.25) is 14.4 Å². The van der Waals surface area contributed by atoms with Crippen LogP contribution in [0.1, 0.15) is 22.3 Å². The molecule has 0 N–H and O–H groups in total. The molecule has 2 aliphatic carbocycles. The molecule has 5 nitrogen and oxygen atoms in total. The van der Waals surface area contributed by atoms with E-state index in [2.05, 4.69) is 0 Å². The molecule has 3 amide bonds. The number of benzene rings is 2. The van der Waals surface area contributed by atoms with Gasteiger partial charge in [0.15, 0.2) is 0 Å². The fourth-order valence-corrected chi connectivity index (χ4v) is 5.48. The molecule has 1 saturated heterocycles. The lowest BCUT2D eigenvalue weighted by Crippen LogP contribution is -2.50. The number of hydrogen-bond donors (Lipinski definition) is 0. The highest BCUT2D eigenvalue weighted by Gasteiger charge is 2.61. The molecule has 0 spiro atoms. The monoisotopic (exact) mass is 474 g/mol. The molecule has 2 aromatic rings. The maximum atomic E-state index is 13.5. The first kappa shape index (κ1) is 20.6. The van der Waals surface area contributed by atoms with Crippen molar-refractivity contribution in [2.24, 2.45) is 23.7 Å². The van der Waals surface area contributed by atoms with Crippen molar-refractivity contribution >= 4 is 52.5 Å². The van der Waals surface area contributed by atoms with Gasteiger partial charge in [-0.2, -0.15) is 5.01 Å². The first-order valence-electron chi connectivity index (χ1n) is 9.93. The van der Waals surface area contributed by atoms with Gasteiger partial charge in [-0.15, -0.1) is 0 Å². The zero-order valence-electron chi connectivity index (χ0n) is 16.2. The summed E-state index contributed by atoms with van der Waals surface area (Å²) >= 11 is 18.4. The van der Waals surface area contributed by atoms with Gasteiger partial charge >= 0.3 is 0 Å². The van der Waals surface area contributed by atoms with Crippen LogP contribution < -0.4 is 0 Å². The number of amides is 3. The lowest BCUT2D eigenvalue weighted by Gasteiger charge is -2.31. The first-order valence-corrected chi connectivity index (χ1v) is 11.1. The zero-order valence-corrected chi connectivity index (χ0v) is 18.4. The third-order valence-corrected chi connectivity index (χ3v) is 7.41. The van der Waals surface area contributed by atoms with Crippen LogP contribution >= 0.6 is 34.8 Å². The summed E-state index contributed by atoms with van der Waals surface area (Å²) in [5.74, 6) is -1.97. The van der Waals surface area contributed by atoms with Gasteiger partial charge in [-0.25, -0.2) is 5.01 Å². The molecule has 1 aliphatic heterocycles. The van der Waals surface area contributed by atoms with Crippen LogP contribution in [0.5, 0.6) is 0 Å². The van der Waals surface area contributed by atoms with E-state index in [1.165, 1.54) is 5.01 Å². The minimum Gasteiger partial charge on any atom is -0.272 e. The van der Waals surface area contributed by atoms with Crippen LogP contribution in [-0.2, 0) is 16.1 Å². The predicted molar refractivity (Wildman–Crippen MR) is 117 cm³/mol. The van der Waals surface area contributed by atoms with Crippen LogP contribution in [0.15, 0.2) is 54.6 Å². The molecule has 2 bridgehead atoms. The average molecular weight is 476 g/mol. The van der Waals surface area contributed by atoms with E-state index < -0.39 is 17.7 Å². The van der Waals surface area contributed by atoms with Gasteiger partial charge in [-0.05, 0) is 48.1 Å². The summed E-state index contributed by atoms with van der Waals surface area (Å²) in [7, 11) is 0. The Kier molecular flexibility index (Phi) is 5.08. The van der Waals surface area contributed by atoms with Crippen molar-refractivity contribution in [2.45, 2.75) is 13.0 Å². The van der Waals surface area contributed by atoms with Crippen molar-refractivity contribution in [1.82, 2.24) is 10.0 Å². The summed E-state index contributed by atoms with van der Waals surface area (Å²) in [5.41, 5.74) is 0.844. The maximum Gasteiger partial charge on any atom is 0.274 e. The van der Waals surface area contributed by atoms with Crippen LogP contribution in [0.2, 0.25) is 15.1 Å². The zero-order chi connectivity index (χ0) is 21.9. The third kappa shape index (κ3) is 3.27. The second kappa shape index (κ2) is 7.66. The minimum atomic E-state index is -0.529. The molecule has 2 aromatic carbocycles. The van der Waals surface area contributed by atoms with E-state index >= 15 is 0 Å². The predicted octanol–water partition coefficient (Wildman–Crippen LogP) is 5.01. The Hall–Kier alpha value is -2.34. The van der Waals surface area contributed by atoms with Crippen molar-refractivity contribution in [2.75, 3.05) is 0 Å². The maximum absolute atomic E-state index is 13.5. The number of hydrogen-bond acceptors (Lipinski definition) is 3. The quantitative estimate of drug-likeness (QED) is 0.461. The van der Waals surface area contributed by atoms with Gasteiger partial charge in [-0.1, -0.05) is 65.2 Å². The summed E-state index contributed by atoms with van der Waals surface area (Å²) in [4.78, 5) is 40.2. The minimum absolute atomic E-state index is 0.0272. The molecule has 4 atom stereocenters. The summed E-state index contributed by atoms with van der Waals surface area (Å²) in [5, 5.41) is 3.15. The topological polar surface area (TPSA) is 57.7 Å². The van der Waals surface area contributed by atoms with Crippen molar-refractivity contribution < 1.29 is 14.4 Å². The van der Waals surface area contributed by atoms with Gasteiger partial charge in [0.05, 0.1) is 39.0 Å². The van der Waals surface area contributed by atoms with E-state index in [1.54, 1.807) is 42.5 Å². The number of imide groups is 1. The third-order valence-electron chi connectivity index (χ3n) is 6.34. The van der Waals surface area contributed by atoms with Gasteiger partial charge in [0.1, 0.15) is 0 Å². The number of halogens is 3. The van der Waals surface area contributed by atoms with Gasteiger partial charge in [0.2, 0.25) is 0 Å². The molecule has 1 saturated carbocycles. The van der Waals surface area contributed by atoms with Crippen molar-refractivity contribution in [3.63, 3.8) is 0 Å². The van der Waals surface area contributed by atoms with Crippen molar-refractivity contribution in [1.29, 1.82) is 0 Å². The molecule has 1 heterocycles. The van der Waals surface area contributed by atoms with Crippen LogP contribution in [-0.4, -0.2) is 27.7 Å². The molecule has 3 aliphatic rings. The molecule has 2 fully saturated rings. The number of nitrogens with zero attached hydrogens (tertiary/aromatic N) is 2. The number of carbonyl (C=O) groups excluding carboxylic acids is 3. The van der Waals surface area contributed by atoms with E-state index in [1.807, 2.05) is 12.2 Å². The molecule has 0 aromatic heterocycles. The van der Waals surface area contributed by atoms with Crippen LogP contribution in [0.25, 0.3) is 0 Å². The van der Waals surface area contributed by atoms with E-state index in [0.717, 1.165) is 11.4 Å². The second-order valence-electron chi connectivity index (χ2n) is 8.08. The SMILES string of the molecule is O=C(c1ccccc1Cl)N(Cc1ccc(Cl)c(Cl)c1)N1C(=O)[C@H]2[C@H](C1=O)[C@H]1C=C[C@H]2C1. The lowest BCUT2D eigenvalue weighted by molar-refractivity contribution is -0.156. The number of rotatable bonds is 4. The Balaban J connectivity index is 1.55. The van der Waals surface area contributed by atoms with E-state index in [-0.39, 0.29) is 40.8 Å². The largest absolute Gasteiger partial charge is 0.274 e. The van der Waals surface area contributed by atoms with E-state index in [9.17, 15) is 14.4 Å². The summed E-state index contributed by atoms with van der Waals surface area (Å²) < 4.78 is 0. The number of hydrazine groups is 1. The Morgan fingerprint density at radius 2 is 1.55 bits per heavy atom. The molecule has 0 unspecified atom stereocenters. The molecular weight excluding hydrogens is 459 g/mol. The Morgan fingerprint density at radius 1 is 0.903 bits per heavy atom. The molecule has 158 valence electrons. The second-order valence-corrected chi connectivity index (χ2v) is 9.30. The highest BCUT2D eigenvalue weighted by molar-refractivity contribution is 6.42. The van der Waals surface area contributed by atoms with Gasteiger partial charge in [0.25, 0.3) is 17.7 Å². The standard InChI is InChI=1S/C23H17Cl3N2O3/c24-16-4-2-1-3-15(16)21(29)27(11-12-5-8-17(25)18(26)9-12)28-22(30)19-13-6-7-14(10-13)20(19)23(28)31/h1-9,13-14,19-20H,10-11H2/t13-,14-,19+,20+/m0/s1. The molecule has 0 radical (unpaired) electrons. The van der Waals surface area contributed by atoms with Crippen LogP contribution in [0.4, 0.5) is 0 Å². The summed E-state index contributed by atoms with van der Waals surface area (Å²) in [6.07, 6.45) is 4.84. The Morgan fingerprint density at radius 3 is 2.16 bits per heavy atom. The Bertz CT molecular complexity index is 1120. The molecule has 5 rings (SSSR count). The lowest BCUT2D eigenvalue weighted by atomic mass is 9.85. The normalized spacial score (nSPS) is 26.0. The number of fused-ring (bicyclic) bond motifs is 5. The summed E-state index contributed by atoms with van der Waals surface area (Å²) in [6, 6.07) is 11.5. The van der Waals surface area contributed by atoms with Crippen molar-refractivity contribution in [3.05, 3.63) is 80.8 Å². The van der Waals surface area contributed by atoms with E-state index in [0.29, 0.717) is 15.6 Å². The summed E-state index contributed by atoms with van der Waals surface area (Å²) in [6.45, 7) is -0.0272. The van der Waals surface area contributed by atoms with Crippen LogP contribution in [0.3, 0.4) is 0 Å². The van der Waals surface area contributed by atoms with Crippen LogP contribution in [0, 0.1) is 23.7 Å². The fourth-order valence-electron chi connectivity index (χ4n) is 4.94. The number of allylic oxidation sites excluding steroid dienone is 2. The Labute approximate surface area is 194 Å². The molecular formula is C23H17Cl3N2O3.